The van der Waals surface area contributed by atoms with Gasteiger partial charge in [-0.2, -0.15) is 0 Å². The number of anilines is 1. The zero-order valence-corrected chi connectivity index (χ0v) is 17.0. The fourth-order valence-corrected chi connectivity index (χ4v) is 4.73. The molecular weight excluding hydrogens is 440 g/mol. The molecule has 1 aromatic heterocycles. The Morgan fingerprint density at radius 1 is 1.47 bits per heavy atom. The molecule has 0 saturated carbocycles. The lowest BCUT2D eigenvalue weighted by atomic mass is 10.0. The van der Waals surface area contributed by atoms with Crippen LogP contribution >= 0.6 is 23.1 Å². The monoisotopic (exact) mass is 456 g/mol. The van der Waals surface area contributed by atoms with Crippen molar-refractivity contribution in [1.29, 1.82) is 0 Å². The van der Waals surface area contributed by atoms with E-state index in [2.05, 4.69) is 25.0 Å². The van der Waals surface area contributed by atoms with Gasteiger partial charge in [0, 0.05) is 16.7 Å². The highest BCUT2D eigenvalue weighted by atomic mass is 32.2. The molecule has 3 heterocycles. The van der Waals surface area contributed by atoms with Crippen molar-refractivity contribution in [2.24, 2.45) is 10.9 Å². The number of nitrogens with zero attached hydrogens (tertiary/aromatic N) is 3. The molecule has 2 atom stereocenters. The summed E-state index contributed by atoms with van der Waals surface area (Å²) in [6.45, 7) is -0.354. The lowest BCUT2D eigenvalue weighted by Gasteiger charge is -2.49. The van der Waals surface area contributed by atoms with Crippen molar-refractivity contribution in [2.75, 3.05) is 25.2 Å². The number of nitrogens with two attached hydrogens (primary N) is 2. The molecule has 6 N–H and O–H groups in total. The number of ether oxygens (including phenoxy) is 1. The van der Waals surface area contributed by atoms with Gasteiger partial charge < -0.3 is 31.5 Å². The molecule has 15 heteroatoms. The maximum absolute atomic E-state index is 12.6. The number of β-lactam (4-membered cyclic amide) rings is 1. The fourth-order valence-electron chi connectivity index (χ4n) is 2.85. The second-order valence-corrected chi connectivity index (χ2v) is 7.91. The lowest BCUT2D eigenvalue weighted by molar-refractivity contribution is -0.150. The number of thioether (sulfide) groups is 1. The van der Waals surface area contributed by atoms with Crippen LogP contribution in [0, 0.1) is 0 Å². The van der Waals surface area contributed by atoms with Crippen molar-refractivity contribution in [1.82, 2.24) is 15.2 Å². The first kappa shape index (κ1) is 21.4. The molecule has 160 valence electrons. The van der Waals surface area contributed by atoms with E-state index in [0.29, 0.717) is 0 Å². The molecule has 3 rings (SSSR count). The summed E-state index contributed by atoms with van der Waals surface area (Å²) in [5.41, 5.74) is 10.4. The van der Waals surface area contributed by atoms with Crippen molar-refractivity contribution < 1.29 is 33.9 Å². The van der Waals surface area contributed by atoms with Crippen LogP contribution in [0.5, 0.6) is 0 Å². The van der Waals surface area contributed by atoms with E-state index in [1.807, 2.05) is 0 Å². The van der Waals surface area contributed by atoms with Gasteiger partial charge in [0.15, 0.2) is 10.8 Å². The number of nitrogen functional groups attached to an aromatic ring is 1. The molecule has 0 bridgehead atoms. The molecule has 0 radical (unpaired) electrons. The van der Waals surface area contributed by atoms with E-state index < -0.39 is 35.3 Å². The maximum Gasteiger partial charge on any atom is 0.404 e. The van der Waals surface area contributed by atoms with Crippen molar-refractivity contribution in [3.63, 3.8) is 0 Å². The molecule has 3 amide bonds. The Kier molecular flexibility index (Phi) is 6.12. The third-order valence-corrected chi connectivity index (χ3v) is 6.10. The molecule has 1 saturated heterocycles. The van der Waals surface area contributed by atoms with Gasteiger partial charge in [-0.05, 0) is 0 Å². The van der Waals surface area contributed by atoms with Gasteiger partial charge in [0.05, 0.1) is 0 Å². The largest absolute Gasteiger partial charge is 0.477 e. The molecule has 2 aliphatic rings. The number of primary amides is 1. The number of aliphatic carboxylic acids is 1. The van der Waals surface area contributed by atoms with Gasteiger partial charge >= 0.3 is 12.1 Å². The SMILES string of the molecule is CO/N=C(/C(=O)NC1C(=O)N2C(C(=O)O)=C(COC(N)=O)CS[C@H]12)c1csc(N)n1. The summed E-state index contributed by atoms with van der Waals surface area (Å²) in [6.07, 6.45) is -1.06. The summed E-state index contributed by atoms with van der Waals surface area (Å²) in [5.74, 6) is -2.56. The highest BCUT2D eigenvalue weighted by molar-refractivity contribution is 8.00. The van der Waals surface area contributed by atoms with Gasteiger partial charge in [0.1, 0.15) is 36.5 Å². The van der Waals surface area contributed by atoms with Crippen molar-refractivity contribution >= 4 is 57.8 Å². The molecule has 13 nitrogen and oxygen atoms in total. The Morgan fingerprint density at radius 3 is 2.77 bits per heavy atom. The Balaban J connectivity index is 1.77. The quantitative estimate of drug-likeness (QED) is 0.222. The first-order valence-electron chi connectivity index (χ1n) is 8.20. The Hall–Kier alpha value is -3.33. The van der Waals surface area contributed by atoms with Crippen molar-refractivity contribution in [3.05, 3.63) is 22.3 Å². The van der Waals surface area contributed by atoms with Gasteiger partial charge in [0.25, 0.3) is 11.8 Å². The number of nitrogens with one attached hydrogen (secondary N) is 1. The average Bonchev–Trinajstić information content (AvgIpc) is 3.13. The molecule has 0 spiro atoms. The van der Waals surface area contributed by atoms with E-state index in [4.69, 9.17) is 11.5 Å². The standard InChI is InChI=1S/C15H16N6O7S2/c1-27-20-7(6-4-30-14(16)18-6)10(22)19-8-11(23)21-9(13(24)25)5(2-28-15(17)26)3-29-12(8)21/h4,8,12H,2-3H2,1H3,(H2,16,18)(H2,17,26)(H,19,22)(H,24,25)/b20-7+/t8?,12-/m1/s1. The molecule has 0 aromatic carbocycles. The van der Waals surface area contributed by atoms with E-state index in [-0.39, 0.29) is 40.2 Å². The minimum Gasteiger partial charge on any atom is -0.477 e. The number of amides is 3. The number of thiazole rings is 1. The van der Waals surface area contributed by atoms with E-state index in [9.17, 15) is 24.3 Å². The topological polar surface area (TPSA) is 200 Å². The van der Waals surface area contributed by atoms with Gasteiger partial charge in [-0.3, -0.25) is 14.5 Å². The highest BCUT2D eigenvalue weighted by Crippen LogP contribution is 2.40. The normalized spacial score (nSPS) is 20.9. The minimum atomic E-state index is -1.36. The van der Waals surface area contributed by atoms with E-state index >= 15 is 0 Å². The summed E-state index contributed by atoms with van der Waals surface area (Å²) in [5, 5.41) is 16.8. The Bertz CT molecular complexity index is 974. The van der Waals surface area contributed by atoms with Crippen LogP contribution in [0.15, 0.2) is 21.8 Å². The third kappa shape index (κ3) is 4.02. The van der Waals surface area contributed by atoms with Crippen LogP contribution in [0.3, 0.4) is 0 Å². The second kappa shape index (κ2) is 8.58. The zero-order chi connectivity index (χ0) is 22.0. The first-order valence-corrected chi connectivity index (χ1v) is 10.1. The van der Waals surface area contributed by atoms with Crippen molar-refractivity contribution in [2.45, 2.75) is 11.4 Å². The molecule has 1 aromatic rings. The Morgan fingerprint density at radius 2 is 2.20 bits per heavy atom. The number of carboxylic acids is 1. The average molecular weight is 456 g/mol. The molecular formula is C15H16N6O7S2. The van der Waals surface area contributed by atoms with Gasteiger partial charge in [-0.1, -0.05) is 5.16 Å². The molecule has 1 fully saturated rings. The van der Waals surface area contributed by atoms with Crippen LogP contribution in [-0.2, 0) is 24.0 Å². The highest BCUT2D eigenvalue weighted by Gasteiger charge is 2.54. The molecule has 30 heavy (non-hydrogen) atoms. The smallest absolute Gasteiger partial charge is 0.404 e. The summed E-state index contributed by atoms with van der Waals surface area (Å²) in [4.78, 5) is 57.4. The van der Waals surface area contributed by atoms with Crippen LogP contribution in [-0.4, -0.2) is 75.5 Å². The van der Waals surface area contributed by atoms with E-state index in [1.165, 1.54) is 24.3 Å². The predicted molar refractivity (Wildman–Crippen MR) is 105 cm³/mol. The van der Waals surface area contributed by atoms with E-state index in [0.717, 1.165) is 16.2 Å². The summed E-state index contributed by atoms with van der Waals surface area (Å²) >= 11 is 2.30. The van der Waals surface area contributed by atoms with Crippen LogP contribution in [0.1, 0.15) is 5.69 Å². The Labute approximate surface area is 177 Å². The van der Waals surface area contributed by atoms with Gasteiger partial charge in [-0.15, -0.1) is 23.1 Å². The number of hydrogen-bond acceptors (Lipinski definition) is 11. The number of fused-ring (bicyclic) bond motifs is 1. The summed E-state index contributed by atoms with van der Waals surface area (Å²) in [7, 11) is 1.25. The molecule has 1 unspecified atom stereocenters. The van der Waals surface area contributed by atoms with Crippen LogP contribution in [0.25, 0.3) is 0 Å². The van der Waals surface area contributed by atoms with Crippen molar-refractivity contribution in [3.8, 4) is 0 Å². The van der Waals surface area contributed by atoms with E-state index in [1.54, 1.807) is 0 Å². The number of carbonyl (C=O) groups is 4. The number of carboxylic acid groups (broad SMARTS) is 1. The maximum atomic E-state index is 12.6. The van der Waals surface area contributed by atoms with Gasteiger partial charge in [0.2, 0.25) is 0 Å². The summed E-state index contributed by atoms with van der Waals surface area (Å²) in [6, 6.07) is -0.992. The molecule has 0 aliphatic carbocycles. The van der Waals surface area contributed by atoms with Crippen LogP contribution in [0.2, 0.25) is 0 Å². The number of hydrogen-bond donors (Lipinski definition) is 4. The number of carbonyl (C=O) groups excluding carboxylic acids is 3. The fraction of sp³-hybridized carbons (Fsp3) is 0.333. The van der Waals surface area contributed by atoms with Crippen LogP contribution < -0.4 is 16.8 Å². The zero-order valence-electron chi connectivity index (χ0n) is 15.4. The lowest BCUT2D eigenvalue weighted by Crippen LogP contribution is -2.71. The first-order chi connectivity index (χ1) is 14.2. The third-order valence-electron chi connectivity index (χ3n) is 4.09. The second-order valence-electron chi connectivity index (χ2n) is 5.92. The van der Waals surface area contributed by atoms with Crippen LogP contribution in [0.4, 0.5) is 9.93 Å². The number of oxime groups is 1. The van der Waals surface area contributed by atoms with Gasteiger partial charge in [-0.25, -0.2) is 14.6 Å². The predicted octanol–water partition coefficient (Wildman–Crippen LogP) is -1.09. The summed E-state index contributed by atoms with van der Waals surface area (Å²) < 4.78 is 4.66. The minimum absolute atomic E-state index is 0.164. The number of aromatic nitrogens is 1. The molecule has 2 aliphatic heterocycles. The number of rotatable bonds is 7.